The number of aromatic hydroxyl groups is 2. The normalized spacial score (nSPS) is 24.0. The van der Waals surface area contributed by atoms with Gasteiger partial charge in [0.2, 0.25) is 0 Å². The Kier molecular flexibility index (Phi) is 14.4. The summed E-state index contributed by atoms with van der Waals surface area (Å²) in [4.78, 5) is 42.5. The molecule has 2 aromatic rings. The highest BCUT2D eigenvalue weighted by Crippen LogP contribution is 2.48. The first-order chi connectivity index (χ1) is 30.2. The van der Waals surface area contributed by atoms with Gasteiger partial charge in [0, 0.05) is 48.1 Å². The van der Waals surface area contributed by atoms with E-state index in [0.29, 0.717) is 59.3 Å². The smallest absolute Gasteiger partial charge is 0.295 e. The van der Waals surface area contributed by atoms with Gasteiger partial charge in [0.1, 0.15) is 34.2 Å². The van der Waals surface area contributed by atoms with Crippen molar-refractivity contribution < 1.29 is 50.4 Å². The lowest BCUT2D eigenvalue weighted by Crippen LogP contribution is -2.49. The molecule has 12 nitrogen and oxygen atoms in total. The molecule has 0 fully saturated rings. The second-order valence-corrected chi connectivity index (χ2v) is 18.9. The molecule has 2 amide bonds. The van der Waals surface area contributed by atoms with Crippen molar-refractivity contribution in [3.05, 3.63) is 92.1 Å². The summed E-state index contributed by atoms with van der Waals surface area (Å²) in [5, 5.41) is 44.7. The van der Waals surface area contributed by atoms with Crippen molar-refractivity contribution in [2.45, 2.75) is 175 Å². The number of carbonyl (C=O) groups excluding carboxylic acids is 3. The molecule has 5 atom stereocenters. The average molecular weight is 870 g/mol. The van der Waals surface area contributed by atoms with E-state index in [1.165, 1.54) is 34.4 Å². The summed E-state index contributed by atoms with van der Waals surface area (Å²) in [5.74, 6) is -0.600. The summed E-state index contributed by atoms with van der Waals surface area (Å²) >= 11 is 0. The summed E-state index contributed by atoms with van der Waals surface area (Å²) in [6.07, 6.45) is 11.2. The minimum Gasteiger partial charge on any atom is -0.508 e. The minimum absolute atomic E-state index is 0.103. The van der Waals surface area contributed by atoms with Gasteiger partial charge in [-0.15, -0.1) is 0 Å². The zero-order valence-electron chi connectivity index (χ0n) is 39.4. The first-order valence-corrected chi connectivity index (χ1v) is 22.5. The number of fused-ring (bicyclic) bond motifs is 6. The van der Waals surface area contributed by atoms with Gasteiger partial charge < -0.3 is 39.5 Å². The number of allylic oxidation sites excluding steroid dienone is 8. The monoisotopic (exact) mass is 869 g/mol. The van der Waals surface area contributed by atoms with Crippen LogP contribution in [-0.2, 0) is 35.5 Å². The van der Waals surface area contributed by atoms with E-state index < -0.39 is 35.5 Å². The molecule has 6 rings (SSSR count). The Balaban J connectivity index is 1.13. The van der Waals surface area contributed by atoms with Crippen molar-refractivity contribution in [3.8, 4) is 23.0 Å². The Morgan fingerprint density at radius 3 is 1.71 bits per heavy atom. The van der Waals surface area contributed by atoms with Crippen molar-refractivity contribution >= 4 is 18.3 Å². The molecule has 4 aliphatic rings. The highest BCUT2D eigenvalue weighted by molar-refractivity contribution is 6.01. The Labute approximate surface area is 374 Å². The third-order valence-electron chi connectivity index (χ3n) is 13.2. The molecule has 0 aliphatic carbocycles. The number of nitrogens with zero attached hydrogens (tertiary/aromatic N) is 2. The van der Waals surface area contributed by atoms with Crippen LogP contribution in [0.1, 0.15) is 164 Å². The summed E-state index contributed by atoms with van der Waals surface area (Å²) < 4.78 is 27.8. The van der Waals surface area contributed by atoms with Gasteiger partial charge in [-0.3, -0.25) is 19.3 Å². The largest absolute Gasteiger partial charge is 0.508 e. The number of phenolic OH excluding ortho intramolecular Hbond substituents is 2. The molecule has 0 aromatic heterocycles. The highest BCUT2D eigenvalue weighted by atomic mass is 16.5. The van der Waals surface area contributed by atoms with Crippen molar-refractivity contribution in [1.82, 2.24) is 9.80 Å². The van der Waals surface area contributed by atoms with E-state index in [1.807, 2.05) is 13.8 Å². The quantitative estimate of drug-likeness (QED) is 0.0791. The van der Waals surface area contributed by atoms with E-state index in [4.69, 9.17) is 14.2 Å². The van der Waals surface area contributed by atoms with Crippen LogP contribution in [0.5, 0.6) is 23.0 Å². The predicted octanol–water partition coefficient (Wildman–Crippen LogP) is 9.04. The van der Waals surface area contributed by atoms with E-state index in [0.717, 1.165) is 30.6 Å². The fourth-order valence-corrected chi connectivity index (χ4v) is 9.17. The molecule has 0 saturated carbocycles. The van der Waals surface area contributed by atoms with E-state index in [2.05, 4.69) is 65.8 Å². The van der Waals surface area contributed by atoms with Crippen LogP contribution in [0.3, 0.4) is 0 Å². The maximum Gasteiger partial charge on any atom is 0.295 e. The van der Waals surface area contributed by atoms with Gasteiger partial charge >= 0.3 is 0 Å². The molecular weight excluding hydrogens is 801 g/mol. The van der Waals surface area contributed by atoms with Gasteiger partial charge in [-0.2, -0.15) is 0 Å². The number of hydrogen-bond acceptors (Lipinski definition) is 10. The van der Waals surface area contributed by atoms with Crippen molar-refractivity contribution in [1.29, 1.82) is 0 Å². The van der Waals surface area contributed by atoms with Crippen LogP contribution in [0.15, 0.2) is 58.7 Å². The van der Waals surface area contributed by atoms with Crippen LogP contribution in [0.2, 0.25) is 0 Å². The molecule has 12 heteroatoms. The van der Waals surface area contributed by atoms with Crippen molar-refractivity contribution in [2.75, 3.05) is 6.54 Å². The molecule has 0 saturated heterocycles. The lowest BCUT2D eigenvalue weighted by Gasteiger charge is -2.41. The number of amides is 2. The fraction of sp³-hybridized carbons (Fsp3) is 0.549. The first kappa shape index (κ1) is 45.9. The molecule has 4 N–H and O–H groups in total. The number of hydrogen-bond donors (Lipinski definition) is 4. The Morgan fingerprint density at radius 2 is 1.24 bits per heavy atom. The molecule has 0 bridgehead atoms. The van der Waals surface area contributed by atoms with Crippen molar-refractivity contribution in [2.24, 2.45) is 0 Å². The van der Waals surface area contributed by atoms with E-state index in [-0.39, 0.29) is 80.5 Å². The summed E-state index contributed by atoms with van der Waals surface area (Å²) in [7, 11) is 0. The number of ether oxygens (including phenoxy) is 3. The van der Waals surface area contributed by atoms with Crippen LogP contribution in [0.25, 0.3) is 0 Å². The second kappa shape index (κ2) is 19.8. The Hall–Kier alpha value is -5.07. The summed E-state index contributed by atoms with van der Waals surface area (Å²) in [6.45, 7) is 16.5. The highest BCUT2D eigenvalue weighted by Gasteiger charge is 2.46. The van der Waals surface area contributed by atoms with Gasteiger partial charge in [-0.05, 0) is 125 Å². The SMILES string of the molecule is [2H][C@](CCCN1Cc2c(cc(O)c3c2O[C@@](C)(CC/C=C(\C)CCC=C(C)C)[C@@H](O)C3)C1=O)(OC=O)N1Cc2c(cc(O)c3c2O[C@@](C)(CC/C=C(\C)CCC=C(C)C)[C@@H](O)C3)C1=O. The third-order valence-corrected chi connectivity index (χ3v) is 13.2. The Morgan fingerprint density at radius 1 is 0.762 bits per heavy atom. The van der Waals surface area contributed by atoms with Crippen LogP contribution >= 0.6 is 0 Å². The number of phenols is 2. The summed E-state index contributed by atoms with van der Waals surface area (Å²) in [6, 6.07) is 2.74. The third kappa shape index (κ3) is 10.5. The second-order valence-electron chi connectivity index (χ2n) is 18.9. The molecular formula is C51H68N2O10. The number of benzene rings is 2. The molecule has 0 radical (unpaired) electrons. The Bertz CT molecular complexity index is 2260. The van der Waals surface area contributed by atoms with E-state index in [9.17, 15) is 36.2 Å². The van der Waals surface area contributed by atoms with Crippen LogP contribution < -0.4 is 9.47 Å². The molecule has 2 aromatic carbocycles. The number of aliphatic hydroxyl groups is 2. The van der Waals surface area contributed by atoms with Gasteiger partial charge in [0.05, 0.1) is 37.8 Å². The maximum absolute atomic E-state index is 14.0. The maximum atomic E-state index is 14.0. The minimum atomic E-state index is -2.17. The van der Waals surface area contributed by atoms with Gasteiger partial charge in [0.25, 0.3) is 18.3 Å². The van der Waals surface area contributed by atoms with Gasteiger partial charge in [0.15, 0.2) is 6.20 Å². The number of aliphatic hydroxyl groups excluding tert-OH is 2. The van der Waals surface area contributed by atoms with E-state index >= 15 is 0 Å². The lowest BCUT2D eigenvalue weighted by atomic mass is 9.84. The zero-order valence-corrected chi connectivity index (χ0v) is 38.4. The summed E-state index contributed by atoms with van der Waals surface area (Å²) in [5.41, 5.74) is 5.35. The molecule has 63 heavy (non-hydrogen) atoms. The van der Waals surface area contributed by atoms with Gasteiger partial charge in [-0.1, -0.05) is 46.6 Å². The van der Waals surface area contributed by atoms with Crippen LogP contribution in [0, 0.1) is 0 Å². The number of carbonyl (C=O) groups is 3. The topological polar surface area (TPSA) is 166 Å². The average Bonchev–Trinajstić information content (AvgIpc) is 3.71. The standard InChI is InChI=1S/C51H68N2O10/c1-31(2)14-9-16-33(5)18-11-21-50(7)43(57)26-37-41(55)24-35-39(46(37)62-50)28-52(48(35)59)23-13-20-45(61-30-54)53-29-40-36(49(53)60)25-42(56)38-27-44(58)51(8,63-47(38)40)22-12-19-34(6)17-10-15-32(3)4/h14-15,18-19,24-25,30,43-45,55-58H,9-13,16-17,20-23,26-29H2,1-8H3/b33-18+,34-19+/t43-,44-,45+,50-,51-/m0/s1/i45D. The van der Waals surface area contributed by atoms with Crippen molar-refractivity contribution in [3.63, 3.8) is 0 Å². The van der Waals surface area contributed by atoms with Gasteiger partial charge in [-0.25, -0.2) is 0 Å². The molecule has 0 unspecified atom stereocenters. The predicted molar refractivity (Wildman–Crippen MR) is 242 cm³/mol. The molecule has 342 valence electrons. The molecule has 4 aliphatic heterocycles. The molecule has 4 heterocycles. The molecule has 0 spiro atoms. The zero-order chi connectivity index (χ0) is 46.7. The first-order valence-electron chi connectivity index (χ1n) is 23.0. The van der Waals surface area contributed by atoms with E-state index in [1.54, 1.807) is 4.90 Å². The van der Waals surface area contributed by atoms with Crippen LogP contribution in [-0.4, -0.2) is 84.7 Å². The number of rotatable bonds is 19. The fourth-order valence-electron chi connectivity index (χ4n) is 9.17. The lowest BCUT2D eigenvalue weighted by molar-refractivity contribution is -0.141. The van der Waals surface area contributed by atoms with Crippen LogP contribution in [0.4, 0.5) is 0 Å².